The van der Waals surface area contributed by atoms with E-state index in [1.165, 1.54) is 6.42 Å². The standard InChI is InChI=1S/C17H17N2O2/c18-15-11-9-13(10-12-15)5-4-8-16(20)21-17(19)14-6-2-1-3-7-14/h1-12,17H,18-19H2. The van der Waals surface area contributed by atoms with Gasteiger partial charge in [0.25, 0.3) is 0 Å². The van der Waals surface area contributed by atoms with Gasteiger partial charge in [-0.05, 0) is 17.7 Å². The highest BCUT2D eigenvalue weighted by molar-refractivity contribution is 5.83. The number of esters is 1. The van der Waals surface area contributed by atoms with E-state index in [0.29, 0.717) is 5.69 Å². The fourth-order valence-electron chi connectivity index (χ4n) is 1.72. The van der Waals surface area contributed by atoms with Crippen molar-refractivity contribution in [2.24, 2.45) is 5.73 Å². The van der Waals surface area contributed by atoms with Crippen molar-refractivity contribution in [3.63, 3.8) is 0 Å². The van der Waals surface area contributed by atoms with Gasteiger partial charge in [-0.3, -0.25) is 10.5 Å². The molecule has 4 nitrogen and oxygen atoms in total. The minimum atomic E-state index is -0.764. The molecule has 0 saturated heterocycles. The molecule has 0 aliphatic heterocycles. The minimum Gasteiger partial charge on any atom is -0.442 e. The molecular weight excluding hydrogens is 264 g/mol. The van der Waals surface area contributed by atoms with Crippen LogP contribution in [0.1, 0.15) is 17.4 Å². The Kier molecular flexibility index (Phi) is 5.12. The molecule has 0 fully saturated rings. The Morgan fingerprint density at radius 2 is 1.71 bits per heavy atom. The molecule has 2 aromatic rings. The first kappa shape index (κ1) is 14.8. The summed E-state index contributed by atoms with van der Waals surface area (Å²) in [6, 6.07) is 16.5. The van der Waals surface area contributed by atoms with Crippen LogP contribution in [-0.4, -0.2) is 5.97 Å². The van der Waals surface area contributed by atoms with E-state index in [1.54, 1.807) is 24.3 Å². The lowest BCUT2D eigenvalue weighted by Crippen LogP contribution is -2.18. The normalized spacial score (nSPS) is 12.2. The number of ether oxygens (including phenoxy) is 1. The molecule has 1 atom stereocenters. The second-order valence-corrected chi connectivity index (χ2v) is 4.46. The lowest BCUT2D eigenvalue weighted by atomic mass is 10.2. The summed E-state index contributed by atoms with van der Waals surface area (Å²) >= 11 is 0. The molecule has 2 aromatic carbocycles. The topological polar surface area (TPSA) is 78.3 Å². The first-order chi connectivity index (χ1) is 10.1. The van der Waals surface area contributed by atoms with E-state index >= 15 is 0 Å². The van der Waals surface area contributed by atoms with Crippen LogP contribution in [0.4, 0.5) is 5.69 Å². The number of anilines is 1. The lowest BCUT2D eigenvalue weighted by Gasteiger charge is -2.12. The van der Waals surface area contributed by atoms with Crippen molar-refractivity contribution in [2.75, 3.05) is 5.73 Å². The number of hydrogen-bond acceptors (Lipinski definition) is 4. The van der Waals surface area contributed by atoms with Gasteiger partial charge in [-0.25, -0.2) is 0 Å². The van der Waals surface area contributed by atoms with Gasteiger partial charge < -0.3 is 10.5 Å². The smallest absolute Gasteiger partial charge is 0.315 e. The molecule has 0 amide bonds. The molecule has 1 unspecified atom stereocenters. The van der Waals surface area contributed by atoms with Gasteiger partial charge in [0.15, 0.2) is 6.23 Å². The minimum absolute atomic E-state index is 0.488. The maximum Gasteiger partial charge on any atom is 0.315 e. The van der Waals surface area contributed by atoms with Crippen LogP contribution in [0.5, 0.6) is 0 Å². The third-order valence-electron chi connectivity index (χ3n) is 2.83. The monoisotopic (exact) mass is 281 g/mol. The van der Waals surface area contributed by atoms with E-state index in [1.807, 2.05) is 42.5 Å². The number of rotatable bonds is 5. The fourth-order valence-corrected chi connectivity index (χ4v) is 1.72. The van der Waals surface area contributed by atoms with Gasteiger partial charge in [0, 0.05) is 11.3 Å². The van der Waals surface area contributed by atoms with Gasteiger partial charge >= 0.3 is 5.97 Å². The quantitative estimate of drug-likeness (QED) is 0.502. The van der Waals surface area contributed by atoms with Crippen LogP contribution in [0.2, 0.25) is 0 Å². The van der Waals surface area contributed by atoms with Crippen molar-refractivity contribution in [2.45, 2.75) is 6.23 Å². The van der Waals surface area contributed by atoms with E-state index < -0.39 is 12.2 Å². The zero-order chi connectivity index (χ0) is 15.1. The van der Waals surface area contributed by atoms with Crippen LogP contribution in [0, 0.1) is 6.42 Å². The summed E-state index contributed by atoms with van der Waals surface area (Å²) < 4.78 is 5.11. The number of hydrogen-bond donors (Lipinski definition) is 2. The van der Waals surface area contributed by atoms with Crippen LogP contribution < -0.4 is 11.5 Å². The molecule has 21 heavy (non-hydrogen) atoms. The Labute approximate surface area is 124 Å². The fraction of sp³-hybridized carbons (Fsp3) is 0.0588. The molecule has 107 valence electrons. The zero-order valence-electron chi connectivity index (χ0n) is 11.5. The molecular formula is C17H17N2O2. The molecule has 4 N–H and O–H groups in total. The summed E-state index contributed by atoms with van der Waals surface area (Å²) in [6.45, 7) is 0. The molecule has 2 rings (SSSR count). The summed E-state index contributed by atoms with van der Waals surface area (Å²) in [6.07, 6.45) is 3.97. The van der Waals surface area contributed by atoms with E-state index in [9.17, 15) is 4.79 Å². The Hall–Kier alpha value is -2.59. The maximum absolute atomic E-state index is 11.6. The Morgan fingerprint density at radius 1 is 1.05 bits per heavy atom. The summed E-state index contributed by atoms with van der Waals surface area (Å²) in [5, 5.41) is 0. The highest BCUT2D eigenvalue weighted by Crippen LogP contribution is 2.12. The van der Waals surface area contributed by atoms with Crippen LogP contribution in [0.25, 0.3) is 6.08 Å². The summed E-state index contributed by atoms with van der Waals surface area (Å²) in [4.78, 5) is 11.6. The molecule has 1 radical (unpaired) electrons. The van der Waals surface area contributed by atoms with Crippen molar-refractivity contribution in [3.05, 3.63) is 78.2 Å². The molecule has 0 aliphatic carbocycles. The van der Waals surface area contributed by atoms with Crippen LogP contribution in [0.15, 0.2) is 60.7 Å². The second-order valence-electron chi connectivity index (χ2n) is 4.46. The highest BCUT2D eigenvalue weighted by Gasteiger charge is 2.10. The second kappa shape index (κ2) is 7.26. The predicted molar refractivity (Wildman–Crippen MR) is 83.7 cm³/mol. The predicted octanol–water partition coefficient (Wildman–Crippen LogP) is 2.69. The van der Waals surface area contributed by atoms with Crippen LogP contribution in [-0.2, 0) is 9.53 Å². The number of nitrogens with two attached hydrogens (primary N) is 2. The number of benzene rings is 2. The van der Waals surface area contributed by atoms with Gasteiger partial charge in [0.1, 0.15) is 0 Å². The number of carbonyl (C=O) groups excluding carboxylic acids is 1. The molecule has 0 bridgehead atoms. The number of carbonyl (C=O) groups is 1. The first-order valence-electron chi connectivity index (χ1n) is 6.53. The highest BCUT2D eigenvalue weighted by atomic mass is 16.6. The average molecular weight is 281 g/mol. The van der Waals surface area contributed by atoms with Gasteiger partial charge in [0.05, 0.1) is 6.42 Å². The Bertz CT molecular complexity index is 606. The van der Waals surface area contributed by atoms with E-state index in [-0.39, 0.29) is 0 Å². The van der Waals surface area contributed by atoms with E-state index in [0.717, 1.165) is 11.1 Å². The van der Waals surface area contributed by atoms with Crippen molar-refractivity contribution < 1.29 is 9.53 Å². The molecule has 0 heterocycles. The molecule has 0 aliphatic rings. The summed E-state index contributed by atoms with van der Waals surface area (Å²) in [5.74, 6) is -0.488. The van der Waals surface area contributed by atoms with Crippen molar-refractivity contribution in [1.29, 1.82) is 0 Å². The van der Waals surface area contributed by atoms with Crippen LogP contribution >= 0.6 is 0 Å². The largest absolute Gasteiger partial charge is 0.442 e. The molecule has 0 saturated carbocycles. The SMILES string of the molecule is Nc1ccc(C=C[CH]C(=O)OC(N)c2ccccc2)cc1. The number of nitrogen functional groups attached to an aromatic ring is 1. The molecule has 4 heteroatoms. The van der Waals surface area contributed by atoms with Crippen molar-refractivity contribution >= 4 is 17.7 Å². The summed E-state index contributed by atoms with van der Waals surface area (Å²) in [5.41, 5.74) is 13.8. The van der Waals surface area contributed by atoms with Crippen molar-refractivity contribution in [3.8, 4) is 0 Å². The third-order valence-corrected chi connectivity index (χ3v) is 2.83. The molecule has 0 spiro atoms. The van der Waals surface area contributed by atoms with Crippen molar-refractivity contribution in [1.82, 2.24) is 0 Å². The van der Waals surface area contributed by atoms with Gasteiger partial charge in [-0.1, -0.05) is 54.6 Å². The Balaban J connectivity index is 1.83. The first-order valence-corrected chi connectivity index (χ1v) is 6.53. The van der Waals surface area contributed by atoms with E-state index in [4.69, 9.17) is 16.2 Å². The third kappa shape index (κ3) is 4.78. The van der Waals surface area contributed by atoms with Gasteiger partial charge in [0.2, 0.25) is 0 Å². The van der Waals surface area contributed by atoms with Gasteiger partial charge in [-0.2, -0.15) is 0 Å². The Morgan fingerprint density at radius 3 is 2.38 bits per heavy atom. The molecule has 0 aromatic heterocycles. The lowest BCUT2D eigenvalue weighted by molar-refractivity contribution is -0.144. The van der Waals surface area contributed by atoms with E-state index in [2.05, 4.69) is 0 Å². The summed E-state index contributed by atoms with van der Waals surface area (Å²) in [7, 11) is 0. The van der Waals surface area contributed by atoms with Gasteiger partial charge in [-0.15, -0.1) is 0 Å². The van der Waals surface area contributed by atoms with Crippen LogP contribution in [0.3, 0.4) is 0 Å². The zero-order valence-corrected chi connectivity index (χ0v) is 11.5. The average Bonchev–Trinajstić information content (AvgIpc) is 2.50. The maximum atomic E-state index is 11.6.